The van der Waals surface area contributed by atoms with E-state index in [4.69, 9.17) is 12.2 Å². The summed E-state index contributed by atoms with van der Waals surface area (Å²) in [5.74, 6) is 3.20. The molecule has 5 rings (SSSR count). The normalized spacial score (nSPS) is 15.2. The van der Waals surface area contributed by atoms with Crippen LogP contribution in [0.1, 0.15) is 0 Å². The summed E-state index contributed by atoms with van der Waals surface area (Å²) in [5.41, 5.74) is 10.5. The van der Waals surface area contributed by atoms with Crippen molar-refractivity contribution in [2.75, 3.05) is 43.4 Å². The molecule has 146 valence electrons. The molecule has 0 aliphatic carbocycles. The van der Waals surface area contributed by atoms with Crippen molar-refractivity contribution in [1.82, 2.24) is 19.9 Å². The zero-order valence-electron chi connectivity index (χ0n) is 15.7. The number of nitrogens with one attached hydrogen (secondary N) is 2. The van der Waals surface area contributed by atoms with Gasteiger partial charge in [-0.3, -0.25) is 9.69 Å². The number of thiophene rings is 1. The summed E-state index contributed by atoms with van der Waals surface area (Å²) in [6.45, 7) is 4.44. The van der Waals surface area contributed by atoms with Gasteiger partial charge in [-0.05, 0) is 29.6 Å². The van der Waals surface area contributed by atoms with Crippen molar-refractivity contribution >= 4 is 44.0 Å². The van der Waals surface area contributed by atoms with E-state index in [1.807, 2.05) is 17.5 Å². The summed E-state index contributed by atoms with van der Waals surface area (Å²) in [6, 6.07) is 7.99. The van der Waals surface area contributed by atoms with Gasteiger partial charge in [-0.25, -0.2) is 4.98 Å². The predicted molar refractivity (Wildman–Crippen MR) is 119 cm³/mol. The molecule has 1 fully saturated rings. The van der Waals surface area contributed by atoms with Crippen LogP contribution in [0.5, 0.6) is 0 Å². The maximum Gasteiger partial charge on any atom is 0.261 e. The topological polar surface area (TPSA) is 94.0 Å². The van der Waals surface area contributed by atoms with Crippen molar-refractivity contribution in [2.45, 2.75) is 0 Å². The molecule has 0 atom stereocenters. The van der Waals surface area contributed by atoms with Crippen LogP contribution in [0.25, 0.3) is 32.6 Å². The number of hydrogen-bond donors (Lipinski definition) is 3. The van der Waals surface area contributed by atoms with Gasteiger partial charge in [0.1, 0.15) is 11.4 Å². The van der Waals surface area contributed by atoms with Gasteiger partial charge >= 0.3 is 0 Å². The Morgan fingerprint density at radius 2 is 2.00 bits per heavy atom. The summed E-state index contributed by atoms with van der Waals surface area (Å²) < 4.78 is 0.866. The fourth-order valence-electron chi connectivity index (χ4n) is 3.88. The molecule has 1 saturated heterocycles. The molecule has 0 saturated carbocycles. The molecule has 0 bridgehead atoms. The highest BCUT2D eigenvalue weighted by atomic mass is 32.1. The third kappa shape index (κ3) is 3.05. The van der Waals surface area contributed by atoms with E-state index in [1.165, 1.54) is 11.3 Å². The van der Waals surface area contributed by atoms with Gasteiger partial charge in [-0.15, -0.1) is 17.8 Å². The number of aromatic nitrogens is 3. The third-order valence-corrected chi connectivity index (χ3v) is 6.36. The van der Waals surface area contributed by atoms with Crippen LogP contribution in [0.2, 0.25) is 0 Å². The van der Waals surface area contributed by atoms with Crippen LogP contribution in [-0.4, -0.2) is 52.6 Å². The molecule has 0 unspecified atom stereocenters. The van der Waals surface area contributed by atoms with Gasteiger partial charge in [-0.1, -0.05) is 5.92 Å². The second-order valence-electron chi connectivity index (χ2n) is 7.16. The number of imidazole rings is 1. The van der Waals surface area contributed by atoms with E-state index in [0.29, 0.717) is 23.6 Å². The van der Waals surface area contributed by atoms with Gasteiger partial charge in [0, 0.05) is 31.9 Å². The lowest BCUT2D eigenvalue weighted by Crippen LogP contribution is -2.46. The van der Waals surface area contributed by atoms with Crippen molar-refractivity contribution in [2.24, 2.45) is 0 Å². The number of piperazine rings is 1. The maximum absolute atomic E-state index is 12.6. The maximum atomic E-state index is 12.6. The monoisotopic (exact) mass is 404 g/mol. The molecule has 1 aliphatic rings. The van der Waals surface area contributed by atoms with Gasteiger partial charge in [-0.2, -0.15) is 0 Å². The SMILES string of the molecule is C#CCN1CCN(c2ccc3nc(-c4c(N)c5sccc5[nH]c4=O)[nH]c3c2)CC1. The number of nitrogens with zero attached hydrogens (tertiary/aromatic N) is 3. The number of pyridine rings is 1. The number of nitrogen functional groups attached to an aromatic ring is 1. The minimum absolute atomic E-state index is 0.239. The van der Waals surface area contributed by atoms with Crippen molar-refractivity contribution in [3.05, 3.63) is 40.0 Å². The van der Waals surface area contributed by atoms with Crippen LogP contribution >= 0.6 is 11.3 Å². The highest BCUT2D eigenvalue weighted by Gasteiger charge is 2.19. The van der Waals surface area contributed by atoms with Crippen molar-refractivity contribution in [1.29, 1.82) is 0 Å². The molecule has 0 spiro atoms. The molecule has 3 aromatic heterocycles. The summed E-state index contributed by atoms with van der Waals surface area (Å²) in [4.78, 5) is 28.0. The molecule has 8 heteroatoms. The van der Waals surface area contributed by atoms with Crippen LogP contribution in [0, 0.1) is 12.3 Å². The number of aromatic amines is 2. The standard InChI is InChI=1S/C21H20N6OS/c1-2-6-26-7-9-27(10-8-26)13-3-4-14-16(12-13)24-20(23-14)17-18(22)19-15(5-11-29-19)25-21(17)28/h1,3-5,11-12H,6-10H2,(H,23,24)(H3,22,25,28). The van der Waals surface area contributed by atoms with Crippen LogP contribution in [-0.2, 0) is 0 Å². The largest absolute Gasteiger partial charge is 0.397 e. The van der Waals surface area contributed by atoms with E-state index in [-0.39, 0.29) is 5.56 Å². The second kappa shape index (κ2) is 6.95. The minimum Gasteiger partial charge on any atom is -0.397 e. The van der Waals surface area contributed by atoms with E-state index in [0.717, 1.165) is 53.1 Å². The molecule has 0 amide bonds. The average Bonchev–Trinajstić information content (AvgIpc) is 3.35. The lowest BCUT2D eigenvalue weighted by molar-refractivity contribution is 0.288. The predicted octanol–water partition coefficient (Wildman–Crippen LogP) is 2.47. The first kappa shape index (κ1) is 17.8. The fraction of sp³-hybridized carbons (Fsp3) is 0.238. The van der Waals surface area contributed by atoms with Crippen molar-refractivity contribution in [3.63, 3.8) is 0 Å². The van der Waals surface area contributed by atoms with Crippen LogP contribution in [0.4, 0.5) is 11.4 Å². The summed E-state index contributed by atoms with van der Waals surface area (Å²) in [7, 11) is 0. The Balaban J connectivity index is 1.49. The molecular weight excluding hydrogens is 384 g/mol. The minimum atomic E-state index is -0.239. The number of rotatable bonds is 3. The number of fused-ring (bicyclic) bond motifs is 2. The Labute approximate surface area is 171 Å². The van der Waals surface area contributed by atoms with E-state index in [2.05, 4.69) is 42.8 Å². The van der Waals surface area contributed by atoms with Gasteiger partial charge in [0.05, 0.1) is 33.5 Å². The van der Waals surface area contributed by atoms with E-state index in [1.54, 1.807) is 0 Å². The first-order valence-corrected chi connectivity index (χ1v) is 10.3. The third-order valence-electron chi connectivity index (χ3n) is 5.41. The summed E-state index contributed by atoms with van der Waals surface area (Å²) in [6.07, 6.45) is 5.41. The zero-order valence-corrected chi connectivity index (χ0v) is 16.6. The number of anilines is 2. The van der Waals surface area contributed by atoms with Crippen LogP contribution < -0.4 is 16.2 Å². The average molecular weight is 404 g/mol. The molecular formula is C21H20N6OS. The molecule has 1 aliphatic heterocycles. The van der Waals surface area contributed by atoms with Crippen LogP contribution in [0.3, 0.4) is 0 Å². The summed E-state index contributed by atoms with van der Waals surface area (Å²) >= 11 is 1.50. The first-order valence-electron chi connectivity index (χ1n) is 9.44. The quantitative estimate of drug-likeness (QED) is 0.456. The van der Waals surface area contributed by atoms with E-state index in [9.17, 15) is 4.79 Å². The summed E-state index contributed by atoms with van der Waals surface area (Å²) in [5, 5.41) is 1.91. The highest BCUT2D eigenvalue weighted by Crippen LogP contribution is 2.32. The van der Waals surface area contributed by atoms with Crippen LogP contribution in [0.15, 0.2) is 34.4 Å². The number of benzene rings is 1. The van der Waals surface area contributed by atoms with Gasteiger partial charge in [0.2, 0.25) is 0 Å². The lowest BCUT2D eigenvalue weighted by atomic mass is 10.2. The molecule has 4 N–H and O–H groups in total. The van der Waals surface area contributed by atoms with Gasteiger partial charge in [0.25, 0.3) is 5.56 Å². The Bertz CT molecular complexity index is 1300. The molecule has 1 aromatic carbocycles. The van der Waals surface area contributed by atoms with Gasteiger partial charge in [0.15, 0.2) is 0 Å². The number of H-pyrrole nitrogens is 2. The Morgan fingerprint density at radius 1 is 1.17 bits per heavy atom. The highest BCUT2D eigenvalue weighted by molar-refractivity contribution is 7.17. The van der Waals surface area contributed by atoms with E-state index < -0.39 is 0 Å². The van der Waals surface area contributed by atoms with Gasteiger partial charge < -0.3 is 20.6 Å². The number of terminal acetylenes is 1. The molecule has 4 aromatic rings. The molecule has 0 radical (unpaired) electrons. The van der Waals surface area contributed by atoms with E-state index >= 15 is 0 Å². The number of nitrogens with two attached hydrogens (primary N) is 1. The Kier molecular flexibility index (Phi) is 4.27. The molecule has 7 nitrogen and oxygen atoms in total. The second-order valence-corrected chi connectivity index (χ2v) is 8.08. The smallest absolute Gasteiger partial charge is 0.261 e. The molecule has 29 heavy (non-hydrogen) atoms. The fourth-order valence-corrected chi connectivity index (χ4v) is 4.69. The van der Waals surface area contributed by atoms with Crippen molar-refractivity contribution < 1.29 is 0 Å². The Morgan fingerprint density at radius 3 is 2.79 bits per heavy atom. The lowest BCUT2D eigenvalue weighted by Gasteiger charge is -2.35. The first-order chi connectivity index (χ1) is 14.1. The molecule has 4 heterocycles. The van der Waals surface area contributed by atoms with Crippen molar-refractivity contribution in [3.8, 4) is 23.7 Å². The Hall–Kier alpha value is -3.28. The zero-order chi connectivity index (χ0) is 20.0. The number of hydrogen-bond acceptors (Lipinski definition) is 6.